The Hall–Kier alpha value is -2.16. The van der Waals surface area contributed by atoms with E-state index < -0.39 is 21.8 Å². The molecule has 149 valence electrons. The van der Waals surface area contributed by atoms with E-state index in [-0.39, 0.29) is 22.3 Å². The number of hydrogen-bond donors (Lipinski definition) is 2. The molecule has 1 aromatic heterocycles. The van der Waals surface area contributed by atoms with Crippen molar-refractivity contribution in [2.45, 2.75) is 56.5 Å². The van der Waals surface area contributed by atoms with Crippen LogP contribution in [0, 0.1) is 12.0 Å². The number of hydrogen-bond acceptors (Lipinski definition) is 6. The number of carbonyl (C=O) groups is 2. The molecule has 0 spiro atoms. The third kappa shape index (κ3) is 5.92. The van der Waals surface area contributed by atoms with Gasteiger partial charge >= 0.3 is 0 Å². The van der Waals surface area contributed by atoms with Crippen LogP contribution in [0.3, 0.4) is 0 Å². The lowest BCUT2D eigenvalue weighted by atomic mass is 9.87. The van der Waals surface area contributed by atoms with Crippen molar-refractivity contribution in [1.29, 1.82) is 0 Å². The average Bonchev–Trinajstić information content (AvgIpc) is 2.52. The van der Waals surface area contributed by atoms with Crippen molar-refractivity contribution in [1.82, 2.24) is 10.3 Å². The van der Waals surface area contributed by atoms with Gasteiger partial charge in [-0.25, -0.2) is 13.4 Å². The maximum absolute atomic E-state index is 12.2. The van der Waals surface area contributed by atoms with Crippen LogP contribution in [0.4, 0.5) is 5.82 Å². The molecule has 1 radical (unpaired) electrons. The molecule has 0 bridgehead atoms. The van der Waals surface area contributed by atoms with Crippen molar-refractivity contribution in [2.24, 2.45) is 11.7 Å². The fourth-order valence-corrected chi connectivity index (χ4v) is 3.69. The summed E-state index contributed by atoms with van der Waals surface area (Å²) in [5.74, 6) is -0.134. The second kappa shape index (κ2) is 7.84. The van der Waals surface area contributed by atoms with Gasteiger partial charge in [-0.3, -0.25) is 9.59 Å². The maximum Gasteiger partial charge on any atom is 0.240 e. The van der Waals surface area contributed by atoms with E-state index in [1.165, 1.54) is 12.3 Å². The number of aromatic nitrogens is 1. The minimum Gasteiger partial charge on any atom is -0.368 e. The number of amides is 2. The van der Waals surface area contributed by atoms with Crippen LogP contribution in [0.1, 0.15) is 40.0 Å². The van der Waals surface area contributed by atoms with E-state index in [1.807, 2.05) is 20.8 Å². The highest BCUT2D eigenvalue weighted by atomic mass is 32.2. The van der Waals surface area contributed by atoms with Crippen molar-refractivity contribution >= 4 is 27.5 Å². The largest absolute Gasteiger partial charge is 0.368 e. The van der Waals surface area contributed by atoms with E-state index in [9.17, 15) is 18.0 Å². The Balaban J connectivity index is 2.10. The zero-order valence-electron chi connectivity index (χ0n) is 16.2. The molecule has 1 fully saturated rings. The minimum absolute atomic E-state index is 0.0383. The Morgan fingerprint density at radius 2 is 2.07 bits per heavy atom. The van der Waals surface area contributed by atoms with Crippen LogP contribution in [-0.4, -0.2) is 49.6 Å². The van der Waals surface area contributed by atoms with Crippen LogP contribution >= 0.6 is 0 Å². The van der Waals surface area contributed by atoms with Gasteiger partial charge in [0, 0.05) is 37.0 Å². The first-order valence-corrected chi connectivity index (χ1v) is 10.7. The highest BCUT2D eigenvalue weighted by molar-refractivity contribution is 7.90. The number of piperidine rings is 1. The zero-order chi connectivity index (χ0) is 20.4. The standard InChI is InChI=1S/C18H27N4O4S/c1-18(2,3)21-16(23)10-12-7-8-22(14(9-12)17(19)24)15-6-5-13(11-20-15)27(4,25)26/h5,11-12,14H,7-10H2,1-4H3,(H2,19,24)(H,21,23). The summed E-state index contributed by atoms with van der Waals surface area (Å²) in [6, 6.07) is 3.57. The molecule has 8 nitrogen and oxygen atoms in total. The molecule has 1 aliphatic heterocycles. The van der Waals surface area contributed by atoms with Crippen molar-refractivity contribution in [3.8, 4) is 0 Å². The molecule has 0 aromatic carbocycles. The monoisotopic (exact) mass is 395 g/mol. The normalized spacial score (nSPS) is 21.0. The van der Waals surface area contributed by atoms with E-state index in [1.54, 1.807) is 4.90 Å². The summed E-state index contributed by atoms with van der Waals surface area (Å²) < 4.78 is 23.1. The topological polar surface area (TPSA) is 122 Å². The first kappa shape index (κ1) is 21.1. The molecule has 0 aliphatic carbocycles. The number of anilines is 1. The smallest absolute Gasteiger partial charge is 0.240 e. The van der Waals surface area contributed by atoms with E-state index in [0.717, 1.165) is 6.26 Å². The van der Waals surface area contributed by atoms with Crippen molar-refractivity contribution < 1.29 is 18.0 Å². The molecule has 1 aromatic rings. The number of rotatable bonds is 5. The van der Waals surface area contributed by atoms with Crippen LogP contribution in [0.5, 0.6) is 0 Å². The molecule has 0 saturated carbocycles. The minimum atomic E-state index is -3.37. The van der Waals surface area contributed by atoms with Crippen LogP contribution in [0.25, 0.3) is 0 Å². The summed E-state index contributed by atoms with van der Waals surface area (Å²) in [7, 11) is -3.37. The first-order valence-electron chi connectivity index (χ1n) is 8.81. The van der Waals surface area contributed by atoms with E-state index in [4.69, 9.17) is 5.73 Å². The number of pyridine rings is 1. The first-order chi connectivity index (χ1) is 12.4. The summed E-state index contributed by atoms with van der Waals surface area (Å²) in [5.41, 5.74) is 5.27. The van der Waals surface area contributed by atoms with Gasteiger partial charge in [0.2, 0.25) is 11.8 Å². The maximum atomic E-state index is 12.2. The van der Waals surface area contributed by atoms with Crippen LogP contribution in [0.15, 0.2) is 17.2 Å². The summed E-state index contributed by atoms with van der Waals surface area (Å²) >= 11 is 0. The Morgan fingerprint density at radius 1 is 1.41 bits per heavy atom. The fraction of sp³-hybridized carbons (Fsp3) is 0.611. The Labute approximate surface area is 160 Å². The molecule has 1 aliphatic rings. The van der Waals surface area contributed by atoms with Crippen molar-refractivity contribution in [2.75, 3.05) is 17.7 Å². The highest BCUT2D eigenvalue weighted by Gasteiger charge is 2.34. The van der Waals surface area contributed by atoms with Gasteiger partial charge in [-0.15, -0.1) is 0 Å². The van der Waals surface area contributed by atoms with Crippen molar-refractivity contribution in [3.63, 3.8) is 0 Å². The third-order valence-corrected chi connectivity index (χ3v) is 5.47. The second-order valence-corrected chi connectivity index (χ2v) is 10.1. The second-order valence-electron chi connectivity index (χ2n) is 8.05. The molecule has 2 rings (SSSR count). The number of carbonyl (C=O) groups excluding carboxylic acids is 2. The molecular formula is C18H27N4O4S. The van der Waals surface area contributed by atoms with Crippen molar-refractivity contribution in [3.05, 3.63) is 18.3 Å². The SMILES string of the molecule is CC(C)(C)NC(=O)CC1CCN(c2[c]cc(S(C)(=O)=O)cn2)C(C(N)=O)C1. The number of nitrogens with two attached hydrogens (primary N) is 1. The molecular weight excluding hydrogens is 368 g/mol. The van der Waals surface area contributed by atoms with E-state index in [0.29, 0.717) is 31.6 Å². The van der Waals surface area contributed by atoms with Gasteiger partial charge in [0.15, 0.2) is 9.84 Å². The molecule has 2 unspecified atom stereocenters. The summed E-state index contributed by atoms with van der Waals surface area (Å²) in [6.07, 6.45) is 3.82. The van der Waals surface area contributed by atoms with Gasteiger partial charge in [-0.05, 0) is 45.6 Å². The average molecular weight is 396 g/mol. The molecule has 9 heteroatoms. The number of primary amides is 1. The predicted molar refractivity (Wildman–Crippen MR) is 102 cm³/mol. The highest BCUT2D eigenvalue weighted by Crippen LogP contribution is 2.29. The van der Waals surface area contributed by atoms with Crippen LogP contribution < -0.4 is 16.0 Å². The van der Waals surface area contributed by atoms with Gasteiger partial charge < -0.3 is 16.0 Å². The summed E-state index contributed by atoms with van der Waals surface area (Å²) in [6.45, 7) is 6.24. The Morgan fingerprint density at radius 3 is 2.56 bits per heavy atom. The summed E-state index contributed by atoms with van der Waals surface area (Å²) in [4.78, 5) is 30.1. The quantitative estimate of drug-likeness (QED) is 0.755. The van der Waals surface area contributed by atoms with E-state index in [2.05, 4.69) is 16.4 Å². The lowest BCUT2D eigenvalue weighted by Crippen LogP contribution is -2.51. The molecule has 27 heavy (non-hydrogen) atoms. The van der Waals surface area contributed by atoms with E-state index >= 15 is 0 Å². The van der Waals surface area contributed by atoms with Gasteiger partial charge in [-0.1, -0.05) is 0 Å². The molecule has 3 N–H and O–H groups in total. The van der Waals surface area contributed by atoms with Gasteiger partial charge in [0.25, 0.3) is 0 Å². The molecule has 2 amide bonds. The zero-order valence-corrected chi connectivity index (χ0v) is 17.0. The van der Waals surface area contributed by atoms with Crippen LogP contribution in [-0.2, 0) is 19.4 Å². The van der Waals surface area contributed by atoms with Gasteiger partial charge in [-0.2, -0.15) is 0 Å². The molecule has 2 heterocycles. The summed E-state index contributed by atoms with van der Waals surface area (Å²) in [5, 5.41) is 2.93. The van der Waals surface area contributed by atoms with Crippen LogP contribution in [0.2, 0.25) is 0 Å². The molecule has 1 saturated heterocycles. The Kier molecular flexibility index (Phi) is 6.14. The third-order valence-electron chi connectivity index (χ3n) is 4.39. The molecule has 2 atom stereocenters. The number of nitrogens with zero attached hydrogens (tertiary/aromatic N) is 2. The predicted octanol–water partition coefficient (Wildman–Crippen LogP) is 0.660. The Bertz CT molecular complexity index is 800. The lowest BCUT2D eigenvalue weighted by Gasteiger charge is -2.38. The number of nitrogens with one attached hydrogen (secondary N) is 1. The lowest BCUT2D eigenvalue weighted by molar-refractivity contribution is -0.125. The van der Waals surface area contributed by atoms with Gasteiger partial charge in [0.05, 0.1) is 4.90 Å². The van der Waals surface area contributed by atoms with Gasteiger partial charge in [0.1, 0.15) is 11.9 Å². The fourth-order valence-electron chi connectivity index (χ4n) is 3.17. The number of sulfone groups is 1.